The van der Waals surface area contributed by atoms with Crippen molar-refractivity contribution >= 4 is 52.0 Å². The van der Waals surface area contributed by atoms with E-state index in [1.807, 2.05) is 12.1 Å². The van der Waals surface area contributed by atoms with E-state index in [0.717, 1.165) is 21.8 Å². The number of benzene rings is 2. The minimum absolute atomic E-state index is 0.402. The number of ether oxygens (including phenoxy) is 1. The number of nitrogen functional groups attached to an aromatic ring is 1. The molecule has 0 saturated carbocycles. The third kappa shape index (κ3) is 6.04. The Hall–Kier alpha value is -2.92. The minimum atomic E-state index is -5.08. The number of thioether (sulfide) groups is 1. The average molecular weight is 462 g/mol. The number of nitrogens with two attached hydrogens (primary N) is 1. The molecule has 2 aromatic carbocycles. The quantitative estimate of drug-likeness (QED) is 0.297. The number of esters is 1. The average Bonchev–Trinajstić information content (AvgIpc) is 3.07. The molecule has 0 bridgehead atoms. The van der Waals surface area contributed by atoms with Crippen LogP contribution in [0.5, 0.6) is 0 Å². The number of rotatable bonds is 4. The molecule has 4 N–H and O–H groups in total. The lowest BCUT2D eigenvalue weighted by Gasteiger charge is -2.08. The fraction of sp³-hybridized carbons (Fsp3) is 0.167. The number of hydrogen-bond donors (Lipinski definition) is 3. The largest absolute Gasteiger partial charge is 0.490 e. The molecule has 3 aromatic rings. The van der Waals surface area contributed by atoms with E-state index in [2.05, 4.69) is 9.97 Å². The van der Waals surface area contributed by atoms with E-state index in [-0.39, 0.29) is 0 Å². The lowest BCUT2D eigenvalue weighted by atomic mass is 10.1. The second-order valence-corrected chi connectivity index (χ2v) is 7.04. The van der Waals surface area contributed by atoms with Crippen LogP contribution in [0, 0.1) is 0 Å². The van der Waals surface area contributed by atoms with Crippen molar-refractivity contribution in [2.45, 2.75) is 17.1 Å². The van der Waals surface area contributed by atoms with Crippen LogP contribution >= 0.6 is 23.4 Å². The molecular weight excluding hydrogens is 447 g/mol. The van der Waals surface area contributed by atoms with Crippen molar-refractivity contribution in [2.24, 2.45) is 0 Å². The number of carboxylic acid groups (broad SMARTS) is 1. The highest BCUT2D eigenvalue weighted by atomic mass is 35.5. The van der Waals surface area contributed by atoms with Gasteiger partial charge in [-0.25, -0.2) is 14.6 Å². The van der Waals surface area contributed by atoms with Crippen molar-refractivity contribution in [1.29, 1.82) is 0 Å². The number of aromatic nitrogens is 2. The molecule has 0 atom stereocenters. The van der Waals surface area contributed by atoms with Gasteiger partial charge in [0.2, 0.25) is 0 Å². The van der Waals surface area contributed by atoms with Crippen LogP contribution in [0.3, 0.4) is 0 Å². The summed E-state index contributed by atoms with van der Waals surface area (Å²) in [5, 5.41) is 8.39. The number of carbonyl (C=O) groups is 2. The number of nitrogens with one attached hydrogen (secondary N) is 1. The number of anilines is 1. The number of halogens is 4. The second-order valence-electron chi connectivity index (χ2n) is 5.67. The van der Waals surface area contributed by atoms with Crippen LogP contribution in [-0.2, 0) is 15.3 Å². The molecule has 1 aromatic heterocycles. The van der Waals surface area contributed by atoms with Gasteiger partial charge in [-0.1, -0.05) is 29.4 Å². The zero-order chi connectivity index (χ0) is 22.5. The summed E-state index contributed by atoms with van der Waals surface area (Å²) in [7, 11) is 1.35. The number of nitrogens with zero attached hydrogens (tertiary/aromatic N) is 1. The maximum atomic E-state index is 11.8. The molecule has 12 heteroatoms. The number of hydrogen-bond acceptors (Lipinski definition) is 6. The van der Waals surface area contributed by atoms with Gasteiger partial charge >= 0.3 is 18.1 Å². The summed E-state index contributed by atoms with van der Waals surface area (Å²) in [6.45, 7) is 0. The zero-order valence-corrected chi connectivity index (χ0v) is 16.9. The molecule has 1 heterocycles. The molecular formula is C18H15ClF3N3O4S. The first-order valence-electron chi connectivity index (χ1n) is 8.06. The Morgan fingerprint density at radius 2 is 1.97 bits per heavy atom. The van der Waals surface area contributed by atoms with Gasteiger partial charge in [-0.05, 0) is 35.9 Å². The van der Waals surface area contributed by atoms with Crippen molar-refractivity contribution < 1.29 is 32.6 Å². The van der Waals surface area contributed by atoms with E-state index >= 15 is 0 Å². The van der Waals surface area contributed by atoms with E-state index in [4.69, 9.17) is 32.0 Å². The van der Waals surface area contributed by atoms with Crippen LogP contribution in [0.4, 0.5) is 18.9 Å². The van der Waals surface area contributed by atoms with E-state index in [1.54, 1.807) is 24.3 Å². The number of H-pyrrole nitrogens is 1. The molecule has 0 saturated heterocycles. The van der Waals surface area contributed by atoms with Crippen molar-refractivity contribution in [3.63, 3.8) is 0 Å². The third-order valence-corrected chi connectivity index (χ3v) is 4.86. The summed E-state index contributed by atoms with van der Waals surface area (Å²) in [5.41, 5.74) is 9.35. The Morgan fingerprint density at radius 1 is 1.30 bits per heavy atom. The maximum Gasteiger partial charge on any atom is 0.490 e. The number of aliphatic carboxylic acids is 1. The smallest absolute Gasteiger partial charge is 0.475 e. The number of carboxylic acids is 1. The summed E-state index contributed by atoms with van der Waals surface area (Å²) in [6, 6.07) is 10.7. The van der Waals surface area contributed by atoms with Crippen LogP contribution in [0.25, 0.3) is 11.0 Å². The summed E-state index contributed by atoms with van der Waals surface area (Å²) in [4.78, 5) is 28.4. The van der Waals surface area contributed by atoms with Gasteiger partial charge in [-0.3, -0.25) is 0 Å². The monoisotopic (exact) mass is 461 g/mol. The van der Waals surface area contributed by atoms with Gasteiger partial charge in [-0.2, -0.15) is 13.2 Å². The number of aromatic amines is 1. The van der Waals surface area contributed by atoms with Gasteiger partial charge in [0, 0.05) is 16.5 Å². The van der Waals surface area contributed by atoms with Gasteiger partial charge in [-0.15, -0.1) is 0 Å². The fourth-order valence-corrected chi connectivity index (χ4v) is 3.48. The van der Waals surface area contributed by atoms with E-state index in [9.17, 15) is 18.0 Å². The maximum absolute atomic E-state index is 11.8. The number of alkyl halides is 3. The Labute approximate surface area is 177 Å². The van der Waals surface area contributed by atoms with Crippen molar-refractivity contribution in [2.75, 3.05) is 12.8 Å². The normalized spacial score (nSPS) is 11.0. The SMILES string of the molecule is COC(=O)c1cccc(Cl)c1CSc1nc2ccc(N)cc2[nH]1.O=C(O)C(F)(F)F. The third-order valence-electron chi connectivity index (χ3n) is 3.60. The molecule has 3 rings (SSSR count). The highest BCUT2D eigenvalue weighted by Crippen LogP contribution is 2.29. The van der Waals surface area contributed by atoms with Crippen molar-refractivity contribution in [3.05, 3.63) is 52.5 Å². The zero-order valence-electron chi connectivity index (χ0n) is 15.3. The number of carbonyl (C=O) groups excluding carboxylic acids is 1. The van der Waals surface area contributed by atoms with Gasteiger partial charge in [0.15, 0.2) is 5.16 Å². The van der Waals surface area contributed by atoms with Crippen LogP contribution in [-0.4, -0.2) is 40.3 Å². The number of imidazole rings is 1. The molecule has 0 aliphatic heterocycles. The molecule has 0 amide bonds. The lowest BCUT2D eigenvalue weighted by molar-refractivity contribution is -0.192. The molecule has 30 heavy (non-hydrogen) atoms. The van der Waals surface area contributed by atoms with Gasteiger partial charge < -0.3 is 20.6 Å². The predicted molar refractivity (Wildman–Crippen MR) is 107 cm³/mol. The van der Waals surface area contributed by atoms with Crippen LogP contribution < -0.4 is 5.73 Å². The summed E-state index contributed by atoms with van der Waals surface area (Å²) >= 11 is 7.69. The molecule has 0 spiro atoms. The van der Waals surface area contributed by atoms with Crippen LogP contribution in [0.1, 0.15) is 15.9 Å². The summed E-state index contributed by atoms with van der Waals surface area (Å²) in [6.07, 6.45) is -5.08. The van der Waals surface area contributed by atoms with E-state index in [1.165, 1.54) is 18.9 Å². The summed E-state index contributed by atoms with van der Waals surface area (Å²) in [5.74, 6) is -2.66. The topological polar surface area (TPSA) is 118 Å². The second kappa shape index (κ2) is 9.72. The molecule has 7 nitrogen and oxygen atoms in total. The van der Waals surface area contributed by atoms with Crippen molar-refractivity contribution in [3.8, 4) is 0 Å². The first-order chi connectivity index (χ1) is 14.0. The molecule has 0 aliphatic carbocycles. The Morgan fingerprint density at radius 3 is 2.57 bits per heavy atom. The number of methoxy groups -OCH3 is 1. The van der Waals surface area contributed by atoms with Gasteiger partial charge in [0.25, 0.3) is 0 Å². The Kier molecular flexibility index (Phi) is 7.57. The summed E-state index contributed by atoms with van der Waals surface area (Å²) < 4.78 is 36.5. The minimum Gasteiger partial charge on any atom is -0.475 e. The van der Waals surface area contributed by atoms with Gasteiger partial charge in [0.05, 0.1) is 23.7 Å². The highest BCUT2D eigenvalue weighted by molar-refractivity contribution is 7.98. The lowest BCUT2D eigenvalue weighted by Crippen LogP contribution is -2.21. The van der Waals surface area contributed by atoms with E-state index < -0.39 is 18.1 Å². The highest BCUT2D eigenvalue weighted by Gasteiger charge is 2.38. The number of fused-ring (bicyclic) bond motifs is 1. The Bertz CT molecular complexity index is 1070. The first kappa shape index (κ1) is 23.4. The fourth-order valence-electron chi connectivity index (χ4n) is 2.22. The van der Waals surface area contributed by atoms with Gasteiger partial charge in [0.1, 0.15) is 0 Å². The first-order valence-corrected chi connectivity index (χ1v) is 9.43. The van der Waals surface area contributed by atoms with E-state index in [0.29, 0.717) is 22.0 Å². The van der Waals surface area contributed by atoms with Crippen LogP contribution in [0.15, 0.2) is 41.6 Å². The molecule has 0 fully saturated rings. The van der Waals surface area contributed by atoms with Crippen molar-refractivity contribution in [1.82, 2.24) is 9.97 Å². The molecule has 160 valence electrons. The molecule has 0 unspecified atom stereocenters. The predicted octanol–water partition coefficient (Wildman–Crippen LogP) is 4.51. The standard InChI is InChI=1S/C16H14ClN3O2S.C2HF3O2/c1-22-15(21)10-3-2-4-12(17)11(10)8-23-16-19-13-6-5-9(18)7-14(13)20-16;3-2(4,5)1(6)7/h2-7H,8,18H2,1H3,(H,19,20);(H,6,7). The Balaban J connectivity index is 0.000000396. The van der Waals surface area contributed by atoms with Crippen LogP contribution in [0.2, 0.25) is 5.02 Å². The molecule has 0 radical (unpaired) electrons. The molecule has 0 aliphatic rings.